The molecule has 0 aromatic heterocycles. The van der Waals surface area contributed by atoms with Crippen LogP contribution in [0.1, 0.15) is 31.2 Å². The number of amides is 1. The summed E-state index contributed by atoms with van der Waals surface area (Å²) in [6, 6.07) is 7.34. The maximum absolute atomic E-state index is 13.1. The standard InChI is InChI=1S/C16H21FN2O2.ClH/c17-12-8-14(18-10-12)16(20)19-9-11-4-1-2-7-15(11)21-13-5-3-6-13;/h1-2,4,7,12-14,18H,3,5-6,8-10H2,(H,19,20);1H/t12-,14+;/m0./s1. The Kier molecular flexibility index (Phi) is 6.03. The third kappa shape index (κ3) is 4.11. The molecule has 1 aliphatic heterocycles. The first-order valence-electron chi connectivity index (χ1n) is 7.62. The highest BCUT2D eigenvalue weighted by Gasteiger charge is 2.29. The number of carbonyl (C=O) groups is 1. The smallest absolute Gasteiger partial charge is 0.237 e. The molecule has 1 amide bonds. The molecule has 1 saturated heterocycles. The lowest BCUT2D eigenvalue weighted by atomic mass is 9.96. The maximum atomic E-state index is 13.1. The number of halogens is 2. The Morgan fingerprint density at radius 3 is 2.77 bits per heavy atom. The summed E-state index contributed by atoms with van der Waals surface area (Å²) in [5.41, 5.74) is 0.965. The van der Waals surface area contributed by atoms with E-state index in [1.54, 1.807) is 0 Å². The molecular weight excluding hydrogens is 307 g/mol. The van der Waals surface area contributed by atoms with Crippen molar-refractivity contribution in [1.82, 2.24) is 10.6 Å². The number of ether oxygens (including phenoxy) is 1. The van der Waals surface area contributed by atoms with Gasteiger partial charge in [-0.05, 0) is 25.3 Å². The number of nitrogens with one attached hydrogen (secondary N) is 2. The van der Waals surface area contributed by atoms with Crippen molar-refractivity contribution < 1.29 is 13.9 Å². The van der Waals surface area contributed by atoms with Gasteiger partial charge >= 0.3 is 0 Å². The van der Waals surface area contributed by atoms with E-state index in [0.717, 1.165) is 24.2 Å². The van der Waals surface area contributed by atoms with Crippen molar-refractivity contribution in [3.05, 3.63) is 29.8 Å². The quantitative estimate of drug-likeness (QED) is 0.872. The van der Waals surface area contributed by atoms with Gasteiger partial charge in [-0.25, -0.2) is 4.39 Å². The summed E-state index contributed by atoms with van der Waals surface area (Å²) >= 11 is 0. The van der Waals surface area contributed by atoms with Crippen LogP contribution in [0.2, 0.25) is 0 Å². The first kappa shape index (κ1) is 17.0. The highest BCUT2D eigenvalue weighted by Crippen LogP contribution is 2.27. The summed E-state index contributed by atoms with van der Waals surface area (Å²) in [5, 5.41) is 5.75. The van der Waals surface area contributed by atoms with Crippen LogP contribution >= 0.6 is 12.4 Å². The third-order valence-corrected chi connectivity index (χ3v) is 4.17. The maximum Gasteiger partial charge on any atom is 0.237 e. The van der Waals surface area contributed by atoms with Gasteiger partial charge in [-0.15, -0.1) is 12.4 Å². The third-order valence-electron chi connectivity index (χ3n) is 4.17. The van der Waals surface area contributed by atoms with E-state index in [0.29, 0.717) is 12.6 Å². The van der Waals surface area contributed by atoms with Gasteiger partial charge in [0.25, 0.3) is 0 Å². The Balaban J connectivity index is 0.00000176. The molecule has 22 heavy (non-hydrogen) atoms. The molecule has 2 atom stereocenters. The number of hydrogen-bond acceptors (Lipinski definition) is 3. The summed E-state index contributed by atoms with van der Waals surface area (Å²) in [4.78, 5) is 12.0. The Bertz CT molecular complexity index is 511. The first-order valence-corrected chi connectivity index (χ1v) is 7.62. The van der Waals surface area contributed by atoms with Gasteiger partial charge in [0.1, 0.15) is 11.9 Å². The minimum atomic E-state index is -0.921. The molecule has 1 aromatic carbocycles. The fourth-order valence-electron chi connectivity index (χ4n) is 2.63. The van der Waals surface area contributed by atoms with Crippen molar-refractivity contribution in [1.29, 1.82) is 0 Å². The molecule has 0 spiro atoms. The Morgan fingerprint density at radius 1 is 1.36 bits per heavy atom. The molecule has 0 unspecified atom stereocenters. The van der Waals surface area contributed by atoms with Crippen molar-refractivity contribution in [3.8, 4) is 5.75 Å². The van der Waals surface area contributed by atoms with Crippen LogP contribution in [0.25, 0.3) is 0 Å². The molecule has 1 aliphatic carbocycles. The molecule has 3 rings (SSSR count). The zero-order valence-electron chi connectivity index (χ0n) is 12.4. The predicted octanol–water partition coefficient (Wildman–Crippen LogP) is 2.36. The van der Waals surface area contributed by atoms with Crippen molar-refractivity contribution in [2.24, 2.45) is 0 Å². The normalized spacial score (nSPS) is 24.2. The lowest BCUT2D eigenvalue weighted by Crippen LogP contribution is -2.40. The van der Waals surface area contributed by atoms with Gasteiger partial charge in [0, 0.05) is 25.1 Å². The molecule has 2 aliphatic rings. The summed E-state index contributed by atoms with van der Waals surface area (Å²) in [6.45, 7) is 0.677. The molecule has 6 heteroatoms. The largest absolute Gasteiger partial charge is 0.490 e. The highest BCUT2D eigenvalue weighted by atomic mass is 35.5. The van der Waals surface area contributed by atoms with E-state index >= 15 is 0 Å². The summed E-state index contributed by atoms with van der Waals surface area (Å²) in [7, 11) is 0. The molecule has 1 heterocycles. The lowest BCUT2D eigenvalue weighted by molar-refractivity contribution is -0.123. The fourth-order valence-corrected chi connectivity index (χ4v) is 2.63. The van der Waals surface area contributed by atoms with E-state index in [9.17, 15) is 9.18 Å². The van der Waals surface area contributed by atoms with Crippen LogP contribution in [0.4, 0.5) is 4.39 Å². The van der Waals surface area contributed by atoms with E-state index in [4.69, 9.17) is 4.74 Å². The van der Waals surface area contributed by atoms with Gasteiger partial charge < -0.3 is 15.4 Å². The summed E-state index contributed by atoms with van der Waals surface area (Å²) < 4.78 is 19.0. The van der Waals surface area contributed by atoms with Gasteiger partial charge in [-0.1, -0.05) is 18.2 Å². The van der Waals surface area contributed by atoms with Crippen molar-refractivity contribution in [2.45, 2.75) is 50.5 Å². The molecule has 2 N–H and O–H groups in total. The fraction of sp³-hybridized carbons (Fsp3) is 0.562. The van der Waals surface area contributed by atoms with Crippen LogP contribution in [-0.2, 0) is 11.3 Å². The van der Waals surface area contributed by atoms with E-state index in [1.807, 2.05) is 24.3 Å². The average Bonchev–Trinajstić information content (AvgIpc) is 2.88. The number of alkyl halides is 1. The van der Waals surface area contributed by atoms with Crippen LogP contribution in [-0.4, -0.2) is 30.8 Å². The number of para-hydroxylation sites is 1. The molecule has 0 bridgehead atoms. The highest BCUT2D eigenvalue weighted by molar-refractivity contribution is 5.85. The monoisotopic (exact) mass is 328 g/mol. The molecular formula is C16H22ClFN2O2. The second-order valence-corrected chi connectivity index (χ2v) is 5.79. The topological polar surface area (TPSA) is 50.4 Å². The van der Waals surface area contributed by atoms with E-state index in [1.165, 1.54) is 6.42 Å². The second kappa shape index (κ2) is 7.79. The average molecular weight is 329 g/mol. The summed E-state index contributed by atoms with van der Waals surface area (Å²) in [6.07, 6.45) is 3.07. The number of benzene rings is 1. The first-order chi connectivity index (χ1) is 10.2. The van der Waals surface area contributed by atoms with Gasteiger partial charge in [-0.2, -0.15) is 0 Å². The predicted molar refractivity (Wildman–Crippen MR) is 85.1 cm³/mol. The van der Waals surface area contributed by atoms with Crippen molar-refractivity contribution in [3.63, 3.8) is 0 Å². The summed E-state index contributed by atoms with van der Waals surface area (Å²) in [5.74, 6) is 0.693. The SMILES string of the molecule is Cl.O=C(NCc1ccccc1OC1CCC1)[C@H]1C[C@H](F)CN1. The van der Waals surface area contributed by atoms with Crippen LogP contribution < -0.4 is 15.4 Å². The molecule has 0 radical (unpaired) electrons. The Morgan fingerprint density at radius 2 is 2.14 bits per heavy atom. The van der Waals surface area contributed by atoms with Crippen LogP contribution in [0, 0.1) is 0 Å². The van der Waals surface area contributed by atoms with Crippen LogP contribution in [0.15, 0.2) is 24.3 Å². The minimum absolute atomic E-state index is 0. The van der Waals surface area contributed by atoms with E-state index in [2.05, 4.69) is 10.6 Å². The lowest BCUT2D eigenvalue weighted by Gasteiger charge is -2.27. The van der Waals surface area contributed by atoms with E-state index < -0.39 is 12.2 Å². The van der Waals surface area contributed by atoms with Crippen molar-refractivity contribution >= 4 is 18.3 Å². The number of carbonyl (C=O) groups excluding carboxylic acids is 1. The Hall–Kier alpha value is -1.33. The minimum Gasteiger partial charge on any atom is -0.490 e. The van der Waals surface area contributed by atoms with Crippen LogP contribution in [0.5, 0.6) is 5.75 Å². The second-order valence-electron chi connectivity index (χ2n) is 5.79. The molecule has 122 valence electrons. The van der Waals surface area contributed by atoms with Gasteiger partial charge in [-0.3, -0.25) is 4.79 Å². The van der Waals surface area contributed by atoms with Crippen LogP contribution in [0.3, 0.4) is 0 Å². The Labute approximate surface area is 136 Å². The van der Waals surface area contributed by atoms with Gasteiger partial charge in [0.2, 0.25) is 5.91 Å². The molecule has 1 saturated carbocycles. The number of hydrogen-bond donors (Lipinski definition) is 2. The molecule has 4 nitrogen and oxygen atoms in total. The zero-order valence-corrected chi connectivity index (χ0v) is 13.2. The van der Waals surface area contributed by atoms with Gasteiger partial charge in [0.05, 0.1) is 12.1 Å². The van der Waals surface area contributed by atoms with Crippen molar-refractivity contribution in [2.75, 3.05) is 6.54 Å². The number of rotatable bonds is 5. The zero-order chi connectivity index (χ0) is 14.7. The van der Waals surface area contributed by atoms with Gasteiger partial charge in [0.15, 0.2) is 0 Å². The molecule has 1 aromatic rings. The van der Waals surface area contributed by atoms with E-state index in [-0.39, 0.29) is 31.3 Å². The molecule has 2 fully saturated rings.